The first-order chi connectivity index (χ1) is 16.6. The van der Waals surface area contributed by atoms with Gasteiger partial charge in [-0.15, -0.1) is 0 Å². The maximum Gasteiger partial charge on any atom is 0.243 e. The first kappa shape index (κ1) is 21.4. The largest absolute Gasteiger partial charge is 0.347 e. The number of rotatable bonds is 6. The molecular weight excluding hydrogens is 424 g/mol. The average Bonchev–Trinajstić information content (AvgIpc) is 3.20. The number of carbonyl (C=O) groups is 2. The fourth-order valence-corrected chi connectivity index (χ4v) is 4.17. The van der Waals surface area contributed by atoms with Crippen LogP contribution in [0.5, 0.6) is 0 Å². The van der Waals surface area contributed by atoms with Crippen LogP contribution in [0.25, 0.3) is 33.2 Å². The Kier molecular flexibility index (Phi) is 5.79. The van der Waals surface area contributed by atoms with Gasteiger partial charge in [-0.2, -0.15) is 0 Å². The van der Waals surface area contributed by atoms with Crippen molar-refractivity contribution in [1.29, 1.82) is 0 Å². The van der Waals surface area contributed by atoms with Gasteiger partial charge in [0.05, 0.1) is 24.0 Å². The molecule has 0 spiro atoms. The predicted octanol–water partition coefficient (Wildman–Crippen LogP) is 4.69. The third-order valence-corrected chi connectivity index (χ3v) is 5.89. The lowest BCUT2D eigenvalue weighted by Gasteiger charge is -2.09. The van der Waals surface area contributed by atoms with Gasteiger partial charge in [-0.25, -0.2) is 4.98 Å². The maximum absolute atomic E-state index is 12.4. The summed E-state index contributed by atoms with van der Waals surface area (Å²) in [6.45, 7) is -0.0872. The van der Waals surface area contributed by atoms with Crippen LogP contribution in [-0.2, 0) is 23.1 Å². The molecule has 0 unspecified atom stereocenters. The van der Waals surface area contributed by atoms with E-state index in [1.54, 1.807) is 0 Å². The number of imidazole rings is 1. The van der Waals surface area contributed by atoms with Gasteiger partial charge < -0.3 is 15.2 Å². The molecule has 0 fully saturated rings. The van der Waals surface area contributed by atoms with Crippen LogP contribution >= 0.6 is 0 Å². The molecule has 5 aromatic rings. The summed E-state index contributed by atoms with van der Waals surface area (Å²) in [6, 6.07) is 29.4. The summed E-state index contributed by atoms with van der Waals surface area (Å²) in [5.41, 5.74) is 4.56. The van der Waals surface area contributed by atoms with E-state index in [0.717, 1.165) is 38.8 Å². The van der Waals surface area contributed by atoms with E-state index in [1.807, 2.05) is 103 Å². The van der Waals surface area contributed by atoms with E-state index in [0.29, 0.717) is 5.69 Å². The Labute approximate surface area is 197 Å². The van der Waals surface area contributed by atoms with Crippen molar-refractivity contribution < 1.29 is 9.59 Å². The number of hydrogen-bond donors (Lipinski definition) is 2. The average molecular weight is 449 g/mol. The molecule has 5 rings (SSSR count). The third kappa shape index (κ3) is 4.38. The molecule has 6 heteroatoms. The molecule has 0 bridgehead atoms. The van der Waals surface area contributed by atoms with Gasteiger partial charge >= 0.3 is 0 Å². The monoisotopic (exact) mass is 448 g/mol. The number of hydrogen-bond acceptors (Lipinski definition) is 3. The topological polar surface area (TPSA) is 76.0 Å². The summed E-state index contributed by atoms with van der Waals surface area (Å²) >= 11 is 0. The Morgan fingerprint density at radius 1 is 0.824 bits per heavy atom. The molecule has 1 aromatic heterocycles. The van der Waals surface area contributed by atoms with Crippen molar-refractivity contribution in [3.8, 4) is 11.4 Å². The van der Waals surface area contributed by atoms with E-state index < -0.39 is 0 Å². The first-order valence-corrected chi connectivity index (χ1v) is 11.1. The first-order valence-electron chi connectivity index (χ1n) is 11.1. The van der Waals surface area contributed by atoms with Crippen LogP contribution in [0.1, 0.15) is 5.56 Å². The van der Waals surface area contributed by atoms with Crippen molar-refractivity contribution in [2.75, 3.05) is 11.9 Å². The normalized spacial score (nSPS) is 11.0. The van der Waals surface area contributed by atoms with Crippen molar-refractivity contribution in [1.82, 2.24) is 14.9 Å². The van der Waals surface area contributed by atoms with E-state index in [9.17, 15) is 9.59 Å². The number of aryl methyl sites for hydroxylation is 1. The molecule has 0 aliphatic heterocycles. The van der Waals surface area contributed by atoms with Gasteiger partial charge in [-0.1, -0.05) is 54.6 Å². The second-order valence-corrected chi connectivity index (χ2v) is 8.20. The molecular formula is C28H24N4O2. The number of carbonyl (C=O) groups excluding carboxylic acids is 2. The number of fused-ring (bicyclic) bond motifs is 2. The summed E-state index contributed by atoms with van der Waals surface area (Å²) in [5, 5.41) is 7.68. The lowest BCUT2D eigenvalue weighted by molar-refractivity contribution is -0.123. The van der Waals surface area contributed by atoms with E-state index in [4.69, 9.17) is 4.98 Å². The zero-order valence-corrected chi connectivity index (χ0v) is 18.8. The number of amides is 2. The van der Waals surface area contributed by atoms with E-state index in [-0.39, 0.29) is 24.8 Å². The zero-order chi connectivity index (χ0) is 23.5. The minimum Gasteiger partial charge on any atom is -0.347 e. The molecule has 168 valence electrons. The molecule has 4 aromatic carbocycles. The van der Waals surface area contributed by atoms with Crippen molar-refractivity contribution in [3.63, 3.8) is 0 Å². The van der Waals surface area contributed by atoms with E-state index in [2.05, 4.69) is 10.6 Å². The van der Waals surface area contributed by atoms with Gasteiger partial charge in [0.15, 0.2) is 0 Å². The summed E-state index contributed by atoms with van der Waals surface area (Å²) in [7, 11) is 1.99. The van der Waals surface area contributed by atoms with E-state index >= 15 is 0 Å². The Hall–Kier alpha value is -4.45. The predicted molar refractivity (Wildman–Crippen MR) is 135 cm³/mol. The number of nitrogens with zero attached hydrogens (tertiary/aromatic N) is 2. The van der Waals surface area contributed by atoms with Gasteiger partial charge in [-0.3, -0.25) is 9.59 Å². The van der Waals surface area contributed by atoms with Gasteiger partial charge in [0, 0.05) is 18.3 Å². The smallest absolute Gasteiger partial charge is 0.243 e. The Morgan fingerprint density at radius 2 is 1.56 bits per heavy atom. The molecule has 0 radical (unpaired) electrons. The number of para-hydroxylation sites is 2. The Balaban J connectivity index is 1.18. The molecule has 0 aliphatic rings. The molecule has 0 saturated carbocycles. The molecule has 0 atom stereocenters. The molecule has 6 nitrogen and oxygen atoms in total. The highest BCUT2D eigenvalue weighted by molar-refractivity contribution is 5.96. The minimum absolute atomic E-state index is 0.0872. The van der Waals surface area contributed by atoms with Crippen LogP contribution in [0, 0.1) is 0 Å². The minimum atomic E-state index is -0.276. The molecule has 34 heavy (non-hydrogen) atoms. The van der Waals surface area contributed by atoms with E-state index in [1.165, 1.54) is 0 Å². The van der Waals surface area contributed by atoms with Crippen LogP contribution < -0.4 is 10.6 Å². The van der Waals surface area contributed by atoms with Crippen LogP contribution in [0.4, 0.5) is 5.69 Å². The molecule has 2 amide bonds. The molecule has 0 aliphatic carbocycles. The maximum atomic E-state index is 12.4. The number of anilines is 1. The van der Waals surface area contributed by atoms with Crippen molar-refractivity contribution in [2.24, 2.45) is 7.05 Å². The lowest BCUT2D eigenvalue weighted by Crippen LogP contribution is -2.33. The second-order valence-electron chi connectivity index (χ2n) is 8.20. The van der Waals surface area contributed by atoms with Crippen LogP contribution in [-0.4, -0.2) is 27.9 Å². The third-order valence-electron chi connectivity index (χ3n) is 5.89. The van der Waals surface area contributed by atoms with Gasteiger partial charge in [-0.05, 0) is 52.7 Å². The highest BCUT2D eigenvalue weighted by Crippen LogP contribution is 2.24. The fourth-order valence-electron chi connectivity index (χ4n) is 4.17. The molecule has 2 N–H and O–H groups in total. The summed E-state index contributed by atoms with van der Waals surface area (Å²) < 4.78 is 2.05. The second kappa shape index (κ2) is 9.19. The molecule has 1 heterocycles. The summed E-state index contributed by atoms with van der Waals surface area (Å²) in [5.74, 6) is 0.394. The van der Waals surface area contributed by atoms with Crippen LogP contribution in [0.15, 0.2) is 91.0 Å². The SMILES string of the molecule is Cn1c(-c2ccc(NC(=O)CNC(=O)Cc3cccc4ccccc34)cc2)nc2ccccc21. The number of benzene rings is 4. The van der Waals surface area contributed by atoms with Gasteiger partial charge in [0.1, 0.15) is 5.82 Å². The highest BCUT2D eigenvalue weighted by atomic mass is 16.2. The molecule has 0 saturated heterocycles. The standard InChI is InChI=1S/C28H24N4O2/c1-32-25-12-5-4-11-24(25)31-28(32)20-13-15-22(16-14-20)30-27(34)18-29-26(33)17-21-9-6-8-19-7-2-3-10-23(19)21/h2-16H,17-18H2,1H3,(H,29,33)(H,30,34). The van der Waals surface area contributed by atoms with Crippen molar-refractivity contribution in [2.45, 2.75) is 6.42 Å². The van der Waals surface area contributed by atoms with Gasteiger partial charge in [0.2, 0.25) is 11.8 Å². The van der Waals surface area contributed by atoms with Crippen LogP contribution in [0.3, 0.4) is 0 Å². The highest BCUT2D eigenvalue weighted by Gasteiger charge is 2.11. The number of nitrogens with one attached hydrogen (secondary N) is 2. The summed E-state index contributed by atoms with van der Waals surface area (Å²) in [4.78, 5) is 29.5. The number of aromatic nitrogens is 2. The quantitative estimate of drug-likeness (QED) is 0.396. The van der Waals surface area contributed by atoms with Crippen molar-refractivity contribution in [3.05, 3.63) is 96.6 Å². The fraction of sp³-hybridized carbons (Fsp3) is 0.107. The van der Waals surface area contributed by atoms with Gasteiger partial charge in [0.25, 0.3) is 0 Å². The zero-order valence-electron chi connectivity index (χ0n) is 18.8. The summed E-state index contributed by atoms with van der Waals surface area (Å²) in [6.07, 6.45) is 0.224. The van der Waals surface area contributed by atoms with Crippen LogP contribution in [0.2, 0.25) is 0 Å². The lowest BCUT2D eigenvalue weighted by atomic mass is 10.0. The Morgan fingerprint density at radius 3 is 2.38 bits per heavy atom. The Bertz CT molecular complexity index is 1500. The van der Waals surface area contributed by atoms with Crippen molar-refractivity contribution >= 4 is 39.3 Å².